The fourth-order valence-corrected chi connectivity index (χ4v) is 3.61. The number of rotatable bonds is 9. The summed E-state index contributed by atoms with van der Waals surface area (Å²) in [6.45, 7) is 9.03. The van der Waals surface area contributed by atoms with Crippen molar-refractivity contribution in [3.8, 4) is 0 Å². The van der Waals surface area contributed by atoms with Crippen LogP contribution in [0.4, 0.5) is 0 Å². The molecule has 0 saturated heterocycles. The van der Waals surface area contributed by atoms with E-state index in [-0.39, 0.29) is 0 Å². The third-order valence-electron chi connectivity index (χ3n) is 3.68. The zero-order valence-electron chi connectivity index (χ0n) is 12.7. The van der Waals surface area contributed by atoms with Crippen LogP contribution in [0.1, 0.15) is 42.5 Å². The van der Waals surface area contributed by atoms with Gasteiger partial charge in [-0.1, -0.05) is 13.8 Å². The summed E-state index contributed by atoms with van der Waals surface area (Å²) >= 11 is 1.86. The predicted molar refractivity (Wildman–Crippen MR) is 83.8 cm³/mol. The van der Waals surface area contributed by atoms with Gasteiger partial charge in [0.05, 0.1) is 12.6 Å². The highest BCUT2D eigenvalue weighted by atomic mass is 32.1. The molecular weight excluding hydrogens is 256 g/mol. The molecule has 0 aliphatic carbocycles. The van der Waals surface area contributed by atoms with Gasteiger partial charge in [0.25, 0.3) is 0 Å². The summed E-state index contributed by atoms with van der Waals surface area (Å²) in [6.07, 6.45) is 2.31. The molecule has 0 bridgehead atoms. The fourth-order valence-electron chi connectivity index (χ4n) is 2.59. The number of hydrogen-bond acceptors (Lipinski definition) is 4. The Morgan fingerprint density at radius 2 is 2.00 bits per heavy atom. The molecule has 0 spiro atoms. The van der Waals surface area contributed by atoms with Crippen molar-refractivity contribution in [3.05, 3.63) is 21.9 Å². The summed E-state index contributed by atoms with van der Waals surface area (Å²) in [5, 5.41) is 0. The first-order chi connectivity index (χ1) is 9.17. The lowest BCUT2D eigenvalue weighted by Gasteiger charge is -2.36. The molecule has 0 saturated carbocycles. The monoisotopic (exact) mass is 284 g/mol. The number of methoxy groups -OCH3 is 1. The van der Waals surface area contributed by atoms with Crippen LogP contribution in [0.2, 0.25) is 0 Å². The first-order valence-electron chi connectivity index (χ1n) is 7.18. The van der Waals surface area contributed by atoms with E-state index in [9.17, 15) is 0 Å². The maximum atomic E-state index is 6.06. The lowest BCUT2D eigenvalue weighted by molar-refractivity contribution is 0.0830. The molecular formula is C15H28N2OS. The first-order valence-corrected chi connectivity index (χ1v) is 8.00. The summed E-state index contributed by atoms with van der Waals surface area (Å²) in [7, 11) is 1.76. The molecule has 1 unspecified atom stereocenters. The molecule has 1 aromatic rings. The van der Waals surface area contributed by atoms with Crippen LogP contribution in [-0.2, 0) is 4.74 Å². The van der Waals surface area contributed by atoms with Gasteiger partial charge in [-0.05, 0) is 31.9 Å². The van der Waals surface area contributed by atoms with Crippen LogP contribution < -0.4 is 5.73 Å². The van der Waals surface area contributed by atoms with Crippen molar-refractivity contribution in [1.29, 1.82) is 0 Å². The van der Waals surface area contributed by atoms with Crippen molar-refractivity contribution in [2.45, 2.75) is 45.7 Å². The fraction of sp³-hybridized carbons (Fsp3) is 0.733. The topological polar surface area (TPSA) is 38.5 Å². The zero-order valence-corrected chi connectivity index (χ0v) is 13.5. The summed E-state index contributed by atoms with van der Waals surface area (Å²) in [4.78, 5) is 5.25. The Hall–Kier alpha value is -0.420. The van der Waals surface area contributed by atoms with Crippen molar-refractivity contribution in [3.63, 3.8) is 0 Å². The highest BCUT2D eigenvalue weighted by Gasteiger charge is 2.25. The Labute approximate surface area is 121 Å². The van der Waals surface area contributed by atoms with Crippen molar-refractivity contribution in [2.24, 2.45) is 5.73 Å². The molecule has 1 heterocycles. The maximum Gasteiger partial charge on any atom is 0.0590 e. The van der Waals surface area contributed by atoms with Gasteiger partial charge in [0.15, 0.2) is 0 Å². The predicted octanol–water partition coefficient (Wildman–Crippen LogP) is 3.19. The van der Waals surface area contributed by atoms with E-state index in [4.69, 9.17) is 10.5 Å². The van der Waals surface area contributed by atoms with Gasteiger partial charge in [0.2, 0.25) is 0 Å². The first kappa shape index (κ1) is 16.6. The van der Waals surface area contributed by atoms with Gasteiger partial charge in [0, 0.05) is 36.0 Å². The van der Waals surface area contributed by atoms with E-state index < -0.39 is 0 Å². The van der Waals surface area contributed by atoms with Crippen LogP contribution in [0.15, 0.2) is 12.1 Å². The highest BCUT2D eigenvalue weighted by molar-refractivity contribution is 7.12. The molecule has 19 heavy (non-hydrogen) atoms. The van der Waals surface area contributed by atoms with Gasteiger partial charge in [0.1, 0.15) is 0 Å². The van der Waals surface area contributed by atoms with E-state index in [0.717, 1.165) is 26.0 Å². The molecule has 0 aliphatic heterocycles. The number of nitrogens with zero attached hydrogens (tertiary/aromatic N) is 1. The summed E-state index contributed by atoms with van der Waals surface area (Å²) in [5.74, 6) is 0. The van der Waals surface area contributed by atoms with Gasteiger partial charge in [-0.3, -0.25) is 4.90 Å². The third-order valence-corrected chi connectivity index (χ3v) is 4.78. The number of nitrogens with two attached hydrogens (primary N) is 1. The van der Waals surface area contributed by atoms with Crippen LogP contribution in [0.25, 0.3) is 0 Å². The normalized spacial score (nSPS) is 13.4. The van der Waals surface area contributed by atoms with E-state index in [2.05, 4.69) is 37.8 Å². The standard InChI is InChI=1S/C15H28N2OS/c1-5-13(6-2)17(9-10-18-4)14(11-16)15-8-7-12(3)19-15/h7-8,13-14H,5-6,9-11,16H2,1-4H3. The average Bonchev–Trinajstić information content (AvgIpc) is 2.84. The summed E-state index contributed by atoms with van der Waals surface area (Å²) in [6, 6.07) is 5.30. The lowest BCUT2D eigenvalue weighted by Crippen LogP contribution is -2.42. The molecule has 2 N–H and O–H groups in total. The Morgan fingerprint density at radius 1 is 1.32 bits per heavy atom. The lowest BCUT2D eigenvalue weighted by atomic mass is 10.1. The highest BCUT2D eigenvalue weighted by Crippen LogP contribution is 2.29. The second-order valence-corrected chi connectivity index (χ2v) is 6.22. The average molecular weight is 284 g/mol. The van der Waals surface area contributed by atoms with Gasteiger partial charge in [-0.2, -0.15) is 0 Å². The minimum atomic E-state index is 0.318. The number of hydrogen-bond donors (Lipinski definition) is 1. The quantitative estimate of drug-likeness (QED) is 0.757. The molecule has 110 valence electrons. The van der Waals surface area contributed by atoms with E-state index in [1.54, 1.807) is 7.11 Å². The molecule has 1 aromatic heterocycles. The van der Waals surface area contributed by atoms with Gasteiger partial charge in [-0.15, -0.1) is 11.3 Å². The Balaban J connectivity index is 2.91. The minimum absolute atomic E-state index is 0.318. The number of aryl methyl sites for hydroxylation is 1. The zero-order chi connectivity index (χ0) is 14.3. The molecule has 1 rings (SSSR count). The van der Waals surface area contributed by atoms with Crippen molar-refractivity contribution in [1.82, 2.24) is 4.90 Å². The smallest absolute Gasteiger partial charge is 0.0590 e. The second-order valence-electron chi connectivity index (χ2n) is 4.90. The Morgan fingerprint density at radius 3 is 2.42 bits per heavy atom. The summed E-state index contributed by atoms with van der Waals surface area (Å²) in [5.41, 5.74) is 6.06. The van der Waals surface area contributed by atoms with E-state index >= 15 is 0 Å². The van der Waals surface area contributed by atoms with Crippen molar-refractivity contribution in [2.75, 3.05) is 26.8 Å². The Bertz CT molecular complexity index is 350. The molecule has 3 nitrogen and oxygen atoms in total. The van der Waals surface area contributed by atoms with Crippen molar-refractivity contribution < 1.29 is 4.74 Å². The van der Waals surface area contributed by atoms with E-state index in [1.807, 2.05) is 11.3 Å². The Kier molecular flexibility index (Phi) is 7.61. The van der Waals surface area contributed by atoms with Crippen LogP contribution >= 0.6 is 11.3 Å². The largest absolute Gasteiger partial charge is 0.383 e. The van der Waals surface area contributed by atoms with Gasteiger partial charge < -0.3 is 10.5 Å². The molecule has 0 aliphatic rings. The molecule has 0 amide bonds. The van der Waals surface area contributed by atoms with Crippen LogP contribution in [-0.4, -0.2) is 37.7 Å². The van der Waals surface area contributed by atoms with E-state index in [0.29, 0.717) is 18.6 Å². The molecule has 0 fully saturated rings. The summed E-state index contributed by atoms with van der Waals surface area (Å²) < 4.78 is 5.27. The second kappa shape index (κ2) is 8.69. The minimum Gasteiger partial charge on any atom is -0.383 e. The SMILES string of the molecule is CCC(CC)N(CCOC)C(CN)c1ccc(C)s1. The molecule has 0 radical (unpaired) electrons. The van der Waals surface area contributed by atoms with Crippen LogP contribution in [0, 0.1) is 6.92 Å². The molecule has 0 aromatic carbocycles. The van der Waals surface area contributed by atoms with Crippen molar-refractivity contribution >= 4 is 11.3 Å². The van der Waals surface area contributed by atoms with Crippen LogP contribution in [0.3, 0.4) is 0 Å². The number of thiophene rings is 1. The number of ether oxygens (including phenoxy) is 1. The van der Waals surface area contributed by atoms with E-state index in [1.165, 1.54) is 9.75 Å². The van der Waals surface area contributed by atoms with Gasteiger partial charge >= 0.3 is 0 Å². The maximum absolute atomic E-state index is 6.06. The van der Waals surface area contributed by atoms with Crippen LogP contribution in [0.5, 0.6) is 0 Å². The van der Waals surface area contributed by atoms with Gasteiger partial charge in [-0.25, -0.2) is 0 Å². The molecule has 4 heteroatoms. The third kappa shape index (κ3) is 4.56. The molecule has 1 atom stereocenters.